The van der Waals surface area contributed by atoms with Crippen molar-refractivity contribution in [2.24, 2.45) is 16.7 Å². The van der Waals surface area contributed by atoms with Crippen LogP contribution in [0.15, 0.2) is 18.2 Å². The topological polar surface area (TPSA) is 0 Å². The molecule has 1 fully saturated rings. The van der Waals surface area contributed by atoms with Crippen molar-refractivity contribution in [1.29, 1.82) is 0 Å². The van der Waals surface area contributed by atoms with Gasteiger partial charge in [0, 0.05) is 15.9 Å². The van der Waals surface area contributed by atoms with E-state index in [9.17, 15) is 4.39 Å². The van der Waals surface area contributed by atoms with Crippen LogP contribution >= 0.6 is 27.5 Å². The van der Waals surface area contributed by atoms with Gasteiger partial charge < -0.3 is 0 Å². The van der Waals surface area contributed by atoms with E-state index in [4.69, 9.17) is 11.6 Å². The van der Waals surface area contributed by atoms with Crippen LogP contribution in [0.5, 0.6) is 0 Å². The first kappa shape index (κ1) is 17.3. The summed E-state index contributed by atoms with van der Waals surface area (Å²) in [6.07, 6.45) is 5.47. The van der Waals surface area contributed by atoms with Crippen molar-refractivity contribution in [2.45, 2.75) is 52.9 Å². The quantitative estimate of drug-likeness (QED) is 0.519. The highest BCUT2D eigenvalue weighted by molar-refractivity contribution is 9.09. The van der Waals surface area contributed by atoms with E-state index in [-0.39, 0.29) is 11.2 Å². The van der Waals surface area contributed by atoms with Crippen LogP contribution in [0, 0.1) is 22.6 Å². The van der Waals surface area contributed by atoms with Crippen LogP contribution in [0.2, 0.25) is 5.02 Å². The largest absolute Gasteiger partial charge is 0.207 e. The molecule has 3 heteroatoms. The molecule has 1 aliphatic carbocycles. The van der Waals surface area contributed by atoms with E-state index in [1.165, 1.54) is 18.9 Å². The van der Waals surface area contributed by atoms with Crippen molar-refractivity contribution >= 4 is 27.5 Å². The normalized spacial score (nSPS) is 26.9. The van der Waals surface area contributed by atoms with Gasteiger partial charge in [-0.3, -0.25) is 0 Å². The molecule has 1 saturated carbocycles. The van der Waals surface area contributed by atoms with E-state index < -0.39 is 0 Å². The third kappa shape index (κ3) is 4.01. The SMILES string of the molecule is CC(C)(C)C1CCC(CBr)(Cc2c(F)cccc2Cl)CC1. The number of halogens is 3. The third-order valence-corrected chi connectivity index (χ3v) is 6.71. The third-order valence-electron chi connectivity index (χ3n) is 5.17. The van der Waals surface area contributed by atoms with Gasteiger partial charge in [0.25, 0.3) is 0 Å². The van der Waals surface area contributed by atoms with Gasteiger partial charge in [0.1, 0.15) is 5.82 Å². The van der Waals surface area contributed by atoms with E-state index >= 15 is 0 Å². The summed E-state index contributed by atoms with van der Waals surface area (Å²) in [4.78, 5) is 0. The zero-order valence-corrected chi connectivity index (χ0v) is 15.5. The van der Waals surface area contributed by atoms with Gasteiger partial charge in [-0.2, -0.15) is 0 Å². The lowest BCUT2D eigenvalue weighted by atomic mass is 9.63. The molecule has 118 valence electrons. The average molecular weight is 376 g/mol. The summed E-state index contributed by atoms with van der Waals surface area (Å²) < 4.78 is 14.1. The van der Waals surface area contributed by atoms with Gasteiger partial charge >= 0.3 is 0 Å². The van der Waals surface area contributed by atoms with E-state index in [1.807, 2.05) is 0 Å². The van der Waals surface area contributed by atoms with Crippen LogP contribution in [0.4, 0.5) is 4.39 Å². The second kappa shape index (κ2) is 6.58. The Hall–Kier alpha value is -0.0800. The number of hydrogen-bond acceptors (Lipinski definition) is 0. The molecule has 0 amide bonds. The van der Waals surface area contributed by atoms with Gasteiger partial charge in [-0.25, -0.2) is 4.39 Å². The summed E-state index contributed by atoms with van der Waals surface area (Å²) in [7, 11) is 0. The number of rotatable bonds is 3. The predicted molar refractivity (Wildman–Crippen MR) is 92.8 cm³/mol. The van der Waals surface area contributed by atoms with Crippen molar-refractivity contribution in [3.63, 3.8) is 0 Å². The van der Waals surface area contributed by atoms with Crippen molar-refractivity contribution in [1.82, 2.24) is 0 Å². The zero-order valence-electron chi connectivity index (χ0n) is 13.2. The first-order valence-corrected chi connectivity index (χ1v) is 9.26. The molecule has 2 rings (SSSR count). The van der Waals surface area contributed by atoms with Crippen LogP contribution in [0.1, 0.15) is 52.0 Å². The molecule has 0 nitrogen and oxygen atoms in total. The molecule has 0 spiro atoms. The highest BCUT2D eigenvalue weighted by Crippen LogP contribution is 2.48. The Morgan fingerprint density at radius 2 is 1.90 bits per heavy atom. The van der Waals surface area contributed by atoms with Crippen LogP contribution in [0.25, 0.3) is 0 Å². The van der Waals surface area contributed by atoms with Crippen LogP contribution < -0.4 is 0 Å². The van der Waals surface area contributed by atoms with Gasteiger partial charge in [0.15, 0.2) is 0 Å². The standard InChI is InChI=1S/C18H25BrClF/c1-17(2,3)13-7-9-18(12-19,10-8-13)11-14-15(20)5-4-6-16(14)21/h4-6,13H,7-12H2,1-3H3. The molecule has 0 radical (unpaired) electrons. The molecule has 1 aromatic carbocycles. The first-order chi connectivity index (χ1) is 9.77. The molecule has 0 aliphatic heterocycles. The summed E-state index contributed by atoms with van der Waals surface area (Å²) in [5, 5.41) is 1.48. The fourth-order valence-corrected chi connectivity index (χ4v) is 4.52. The predicted octanol–water partition coefficient (Wildman–Crippen LogP) is 6.64. The lowest BCUT2D eigenvalue weighted by Crippen LogP contribution is -2.35. The fraction of sp³-hybridized carbons (Fsp3) is 0.667. The highest BCUT2D eigenvalue weighted by Gasteiger charge is 2.38. The number of alkyl halides is 1. The van der Waals surface area contributed by atoms with Gasteiger partial charge in [-0.1, -0.05) is 54.4 Å². The van der Waals surface area contributed by atoms with Crippen LogP contribution in [-0.2, 0) is 6.42 Å². The van der Waals surface area contributed by atoms with Crippen molar-refractivity contribution in [3.05, 3.63) is 34.6 Å². The lowest BCUT2D eigenvalue weighted by molar-refractivity contribution is 0.103. The maximum Gasteiger partial charge on any atom is 0.127 e. The monoisotopic (exact) mass is 374 g/mol. The fourth-order valence-electron chi connectivity index (χ4n) is 3.53. The number of hydrogen-bond donors (Lipinski definition) is 0. The molecule has 0 unspecified atom stereocenters. The van der Waals surface area contributed by atoms with Gasteiger partial charge in [-0.05, 0) is 61.0 Å². The molecule has 21 heavy (non-hydrogen) atoms. The molecule has 1 aliphatic rings. The highest BCUT2D eigenvalue weighted by atomic mass is 79.9. The summed E-state index contributed by atoms with van der Waals surface area (Å²) >= 11 is 9.89. The van der Waals surface area contributed by atoms with Gasteiger partial charge in [0.05, 0.1) is 0 Å². The molecule has 0 saturated heterocycles. The molecular formula is C18H25BrClF. The zero-order chi connectivity index (χ0) is 15.7. The molecule has 0 N–H and O–H groups in total. The summed E-state index contributed by atoms with van der Waals surface area (Å²) in [6, 6.07) is 4.99. The minimum absolute atomic E-state index is 0.146. The molecule has 0 aromatic heterocycles. The Balaban J connectivity index is 2.14. The maximum absolute atomic E-state index is 14.1. The Morgan fingerprint density at radius 3 is 2.38 bits per heavy atom. The maximum atomic E-state index is 14.1. The Morgan fingerprint density at radius 1 is 1.29 bits per heavy atom. The molecule has 0 bridgehead atoms. The Bertz CT molecular complexity index is 464. The van der Waals surface area contributed by atoms with Gasteiger partial charge in [-0.15, -0.1) is 0 Å². The minimum atomic E-state index is -0.166. The Labute approximate surface area is 141 Å². The Kier molecular flexibility index (Phi) is 5.41. The van der Waals surface area contributed by atoms with E-state index in [2.05, 4.69) is 36.7 Å². The second-order valence-electron chi connectivity index (χ2n) is 7.65. The molecular weight excluding hydrogens is 351 g/mol. The van der Waals surface area contributed by atoms with Gasteiger partial charge in [0.2, 0.25) is 0 Å². The summed E-state index contributed by atoms with van der Waals surface area (Å²) in [5.74, 6) is 0.599. The second-order valence-corrected chi connectivity index (χ2v) is 8.62. The smallest absolute Gasteiger partial charge is 0.127 e. The minimum Gasteiger partial charge on any atom is -0.207 e. The number of benzene rings is 1. The van der Waals surface area contributed by atoms with E-state index in [1.54, 1.807) is 12.1 Å². The lowest BCUT2D eigenvalue weighted by Gasteiger charge is -2.43. The molecule has 0 heterocycles. The van der Waals surface area contributed by atoms with Crippen molar-refractivity contribution in [3.8, 4) is 0 Å². The summed E-state index contributed by atoms with van der Waals surface area (Å²) in [6.45, 7) is 6.98. The van der Waals surface area contributed by atoms with E-state index in [0.29, 0.717) is 16.0 Å². The van der Waals surface area contributed by atoms with E-state index in [0.717, 1.165) is 30.5 Å². The molecule has 0 atom stereocenters. The summed E-state index contributed by atoms with van der Waals surface area (Å²) in [5.41, 5.74) is 1.20. The molecule has 1 aromatic rings. The van der Waals surface area contributed by atoms with Crippen LogP contribution in [0.3, 0.4) is 0 Å². The average Bonchev–Trinajstić information content (AvgIpc) is 2.43. The van der Waals surface area contributed by atoms with Crippen molar-refractivity contribution < 1.29 is 4.39 Å². The first-order valence-electron chi connectivity index (χ1n) is 7.76. The van der Waals surface area contributed by atoms with Crippen molar-refractivity contribution in [2.75, 3.05) is 5.33 Å². The van der Waals surface area contributed by atoms with Crippen LogP contribution in [-0.4, -0.2) is 5.33 Å².